The Bertz CT molecular complexity index is 787. The first-order valence-electron chi connectivity index (χ1n) is 6.56. The number of nitrogen functional groups attached to an aromatic ring is 1. The minimum Gasteiger partial charge on any atom is -0.384 e. The highest BCUT2D eigenvalue weighted by Gasteiger charge is 2.11. The van der Waals surface area contributed by atoms with E-state index in [1.54, 1.807) is 18.5 Å². The lowest BCUT2D eigenvalue weighted by Gasteiger charge is -2.09. The molecule has 5 heteroatoms. The Hall–Kier alpha value is -2.95. The summed E-state index contributed by atoms with van der Waals surface area (Å²) in [7, 11) is 0. The van der Waals surface area contributed by atoms with Crippen molar-refractivity contribution in [3.63, 3.8) is 0 Å². The maximum absolute atomic E-state index is 12.4. The second kappa shape index (κ2) is 5.58. The zero-order chi connectivity index (χ0) is 14.7. The number of carbonyl (C=O) groups is 1. The highest BCUT2D eigenvalue weighted by Crippen LogP contribution is 2.19. The van der Waals surface area contributed by atoms with Gasteiger partial charge in [0.2, 0.25) is 0 Å². The van der Waals surface area contributed by atoms with E-state index in [1.165, 1.54) is 0 Å². The maximum atomic E-state index is 12.4. The van der Waals surface area contributed by atoms with Crippen molar-refractivity contribution < 1.29 is 4.79 Å². The van der Waals surface area contributed by atoms with Crippen LogP contribution < -0.4 is 11.1 Å². The summed E-state index contributed by atoms with van der Waals surface area (Å²) in [4.78, 5) is 20.5. The molecular formula is C16H14N4O. The van der Waals surface area contributed by atoms with Crippen molar-refractivity contribution in [1.82, 2.24) is 15.3 Å². The largest absolute Gasteiger partial charge is 0.384 e. The average Bonchev–Trinajstić information content (AvgIpc) is 2.52. The number of nitrogens with zero attached hydrogens (tertiary/aromatic N) is 2. The zero-order valence-corrected chi connectivity index (χ0v) is 11.3. The molecule has 0 bridgehead atoms. The molecule has 2 aromatic heterocycles. The molecule has 0 atom stereocenters. The van der Waals surface area contributed by atoms with Crippen LogP contribution >= 0.6 is 0 Å². The standard InChI is InChI=1S/C16H14N4O/c17-15-9-13(12-3-1-2-4-14(12)20-15)16(21)19-10-11-5-7-18-8-6-11/h1-9H,10H2,(H2,17,20)(H,19,21). The Labute approximate surface area is 121 Å². The predicted octanol–water partition coefficient (Wildman–Crippen LogP) is 2.14. The van der Waals surface area contributed by atoms with Crippen molar-refractivity contribution in [3.8, 4) is 0 Å². The third-order valence-corrected chi connectivity index (χ3v) is 3.18. The topological polar surface area (TPSA) is 80.9 Å². The van der Waals surface area contributed by atoms with E-state index in [0.717, 1.165) is 10.9 Å². The van der Waals surface area contributed by atoms with Gasteiger partial charge in [-0.2, -0.15) is 0 Å². The number of pyridine rings is 2. The zero-order valence-electron chi connectivity index (χ0n) is 11.3. The highest BCUT2D eigenvalue weighted by molar-refractivity contribution is 6.06. The molecule has 3 aromatic rings. The molecule has 3 N–H and O–H groups in total. The second-order valence-electron chi connectivity index (χ2n) is 4.65. The van der Waals surface area contributed by atoms with Gasteiger partial charge >= 0.3 is 0 Å². The lowest BCUT2D eigenvalue weighted by atomic mass is 10.1. The lowest BCUT2D eigenvalue weighted by Crippen LogP contribution is -2.23. The van der Waals surface area contributed by atoms with Crippen LogP contribution in [0.3, 0.4) is 0 Å². The number of para-hydroxylation sites is 1. The van der Waals surface area contributed by atoms with Crippen LogP contribution in [-0.2, 0) is 6.54 Å². The number of fused-ring (bicyclic) bond motifs is 1. The number of aromatic nitrogens is 2. The van der Waals surface area contributed by atoms with Gasteiger partial charge < -0.3 is 11.1 Å². The SMILES string of the molecule is Nc1cc(C(=O)NCc2ccncc2)c2ccccc2n1. The third kappa shape index (κ3) is 2.81. The molecule has 21 heavy (non-hydrogen) atoms. The predicted molar refractivity (Wildman–Crippen MR) is 81.6 cm³/mol. The van der Waals surface area contributed by atoms with E-state index in [2.05, 4.69) is 15.3 Å². The van der Waals surface area contributed by atoms with Crippen molar-refractivity contribution in [3.05, 3.63) is 66.0 Å². The van der Waals surface area contributed by atoms with Gasteiger partial charge in [0.25, 0.3) is 5.91 Å². The Morgan fingerprint density at radius 2 is 1.90 bits per heavy atom. The van der Waals surface area contributed by atoms with Gasteiger partial charge in [-0.15, -0.1) is 0 Å². The number of amides is 1. The fourth-order valence-corrected chi connectivity index (χ4v) is 2.16. The van der Waals surface area contributed by atoms with E-state index in [4.69, 9.17) is 5.73 Å². The molecular weight excluding hydrogens is 264 g/mol. The van der Waals surface area contributed by atoms with Crippen LogP contribution in [0.4, 0.5) is 5.82 Å². The van der Waals surface area contributed by atoms with Crippen LogP contribution in [-0.4, -0.2) is 15.9 Å². The Morgan fingerprint density at radius 1 is 1.14 bits per heavy atom. The number of carbonyl (C=O) groups excluding carboxylic acids is 1. The summed E-state index contributed by atoms with van der Waals surface area (Å²) >= 11 is 0. The normalized spacial score (nSPS) is 10.5. The van der Waals surface area contributed by atoms with E-state index < -0.39 is 0 Å². The van der Waals surface area contributed by atoms with Gasteiger partial charge in [-0.25, -0.2) is 4.98 Å². The van der Waals surface area contributed by atoms with Crippen LogP contribution in [0, 0.1) is 0 Å². The first kappa shape index (κ1) is 13.1. The summed E-state index contributed by atoms with van der Waals surface area (Å²) in [6.07, 6.45) is 3.39. The molecule has 0 saturated carbocycles. The van der Waals surface area contributed by atoms with Crippen molar-refractivity contribution in [2.24, 2.45) is 0 Å². The summed E-state index contributed by atoms with van der Waals surface area (Å²) < 4.78 is 0. The Morgan fingerprint density at radius 3 is 2.71 bits per heavy atom. The van der Waals surface area contributed by atoms with Gasteiger partial charge in [0.05, 0.1) is 11.1 Å². The van der Waals surface area contributed by atoms with Crippen molar-refractivity contribution in [1.29, 1.82) is 0 Å². The summed E-state index contributed by atoms with van der Waals surface area (Å²) in [5, 5.41) is 3.68. The van der Waals surface area contributed by atoms with E-state index in [0.29, 0.717) is 23.4 Å². The smallest absolute Gasteiger partial charge is 0.252 e. The first-order chi connectivity index (χ1) is 10.2. The summed E-state index contributed by atoms with van der Waals surface area (Å²) in [6.45, 7) is 0.442. The number of hydrogen-bond acceptors (Lipinski definition) is 4. The number of benzene rings is 1. The Balaban J connectivity index is 1.88. The van der Waals surface area contributed by atoms with Gasteiger partial charge in [-0.1, -0.05) is 18.2 Å². The molecule has 1 aromatic carbocycles. The number of nitrogens with two attached hydrogens (primary N) is 1. The molecule has 104 valence electrons. The number of anilines is 1. The van der Waals surface area contributed by atoms with Crippen molar-refractivity contribution in [2.45, 2.75) is 6.54 Å². The minimum absolute atomic E-state index is 0.169. The van der Waals surface area contributed by atoms with Crippen LogP contribution in [0.15, 0.2) is 54.9 Å². The molecule has 0 unspecified atom stereocenters. The molecule has 0 aliphatic rings. The highest BCUT2D eigenvalue weighted by atomic mass is 16.1. The number of nitrogens with one attached hydrogen (secondary N) is 1. The number of hydrogen-bond donors (Lipinski definition) is 2. The monoisotopic (exact) mass is 278 g/mol. The van der Waals surface area contributed by atoms with Gasteiger partial charge in [0, 0.05) is 24.3 Å². The summed E-state index contributed by atoms with van der Waals surface area (Å²) in [5.41, 5.74) is 8.01. The van der Waals surface area contributed by atoms with Gasteiger partial charge in [-0.3, -0.25) is 9.78 Å². The average molecular weight is 278 g/mol. The fourth-order valence-electron chi connectivity index (χ4n) is 2.16. The third-order valence-electron chi connectivity index (χ3n) is 3.18. The molecule has 0 fully saturated rings. The number of rotatable bonds is 3. The van der Waals surface area contributed by atoms with Gasteiger partial charge in [0.1, 0.15) is 5.82 Å². The molecule has 3 rings (SSSR count). The fraction of sp³-hybridized carbons (Fsp3) is 0.0625. The van der Waals surface area contributed by atoms with Crippen molar-refractivity contribution in [2.75, 3.05) is 5.73 Å². The molecule has 0 spiro atoms. The van der Waals surface area contributed by atoms with E-state index in [9.17, 15) is 4.79 Å². The molecule has 0 saturated heterocycles. The van der Waals surface area contributed by atoms with Crippen LogP contribution in [0.2, 0.25) is 0 Å². The maximum Gasteiger partial charge on any atom is 0.252 e. The molecule has 0 radical (unpaired) electrons. The van der Waals surface area contributed by atoms with E-state index in [-0.39, 0.29) is 5.91 Å². The lowest BCUT2D eigenvalue weighted by molar-refractivity contribution is 0.0952. The summed E-state index contributed by atoms with van der Waals surface area (Å²) in [5.74, 6) is 0.167. The quantitative estimate of drug-likeness (QED) is 0.769. The molecule has 0 aliphatic heterocycles. The van der Waals surface area contributed by atoms with Crippen molar-refractivity contribution >= 4 is 22.6 Å². The summed E-state index contributed by atoms with van der Waals surface area (Å²) in [6, 6.07) is 12.8. The second-order valence-corrected chi connectivity index (χ2v) is 4.65. The minimum atomic E-state index is -0.169. The van der Waals surface area contributed by atoms with Crippen LogP contribution in [0.1, 0.15) is 15.9 Å². The van der Waals surface area contributed by atoms with Crippen LogP contribution in [0.5, 0.6) is 0 Å². The Kier molecular flexibility index (Phi) is 3.47. The van der Waals surface area contributed by atoms with Crippen LogP contribution in [0.25, 0.3) is 10.9 Å². The molecule has 1 amide bonds. The molecule has 2 heterocycles. The van der Waals surface area contributed by atoms with E-state index in [1.807, 2.05) is 36.4 Å². The molecule has 5 nitrogen and oxygen atoms in total. The molecule has 0 aliphatic carbocycles. The first-order valence-corrected chi connectivity index (χ1v) is 6.56. The van der Waals surface area contributed by atoms with Gasteiger partial charge in [-0.05, 0) is 29.8 Å². The van der Waals surface area contributed by atoms with Gasteiger partial charge in [0.15, 0.2) is 0 Å². The van der Waals surface area contributed by atoms with E-state index >= 15 is 0 Å².